The lowest BCUT2D eigenvalue weighted by molar-refractivity contribution is -0.384. The standard InChI is InChI=1S/C13H14BrN7O3S/c14-9-5-15-6-10(21(23)24)12(9)20-3-1-19(2-4-20)7-11(22)17-13-18-16-8-25-13/h5-6,8H,1-4,7H2,(H,17,18,22). The molecule has 0 saturated carbocycles. The van der Waals surface area contributed by atoms with E-state index in [4.69, 9.17) is 0 Å². The number of hydrogen-bond acceptors (Lipinski definition) is 9. The number of amides is 1. The van der Waals surface area contributed by atoms with Crippen LogP contribution < -0.4 is 10.2 Å². The summed E-state index contributed by atoms with van der Waals surface area (Å²) in [7, 11) is 0. The zero-order valence-electron chi connectivity index (χ0n) is 13.0. The molecule has 0 bridgehead atoms. The Kier molecular flexibility index (Phi) is 5.50. The van der Waals surface area contributed by atoms with Crippen LogP contribution in [0.25, 0.3) is 0 Å². The van der Waals surface area contributed by atoms with E-state index in [2.05, 4.69) is 36.4 Å². The molecule has 25 heavy (non-hydrogen) atoms. The molecular formula is C13H14BrN7O3S. The first-order chi connectivity index (χ1) is 12.0. The Bertz CT molecular complexity index is 765. The molecule has 0 radical (unpaired) electrons. The van der Waals surface area contributed by atoms with E-state index in [1.54, 1.807) is 11.7 Å². The van der Waals surface area contributed by atoms with Crippen LogP contribution >= 0.6 is 27.3 Å². The number of anilines is 2. The maximum Gasteiger partial charge on any atom is 0.311 e. The molecule has 0 atom stereocenters. The summed E-state index contributed by atoms with van der Waals surface area (Å²) in [5.74, 6) is -0.152. The van der Waals surface area contributed by atoms with Crippen LogP contribution in [0.4, 0.5) is 16.5 Å². The van der Waals surface area contributed by atoms with E-state index in [0.717, 1.165) is 0 Å². The van der Waals surface area contributed by atoms with Gasteiger partial charge in [0.2, 0.25) is 11.0 Å². The molecule has 1 N–H and O–H groups in total. The van der Waals surface area contributed by atoms with Crippen LogP contribution in [0.5, 0.6) is 0 Å². The highest BCUT2D eigenvalue weighted by Gasteiger charge is 2.27. The minimum Gasteiger partial charge on any atom is -0.362 e. The second kappa shape index (κ2) is 7.80. The van der Waals surface area contributed by atoms with Crippen LogP contribution in [0, 0.1) is 10.1 Å². The molecule has 132 valence electrons. The van der Waals surface area contributed by atoms with E-state index in [0.29, 0.717) is 41.5 Å². The summed E-state index contributed by atoms with van der Waals surface area (Å²) in [6, 6.07) is 0. The molecule has 1 aliphatic heterocycles. The van der Waals surface area contributed by atoms with E-state index in [1.165, 1.54) is 17.5 Å². The number of carbonyl (C=O) groups is 1. The molecule has 1 fully saturated rings. The van der Waals surface area contributed by atoms with Gasteiger partial charge in [0.25, 0.3) is 0 Å². The highest BCUT2D eigenvalue weighted by atomic mass is 79.9. The summed E-state index contributed by atoms with van der Waals surface area (Å²) < 4.78 is 0.587. The number of nitrogens with zero attached hydrogens (tertiary/aromatic N) is 6. The fourth-order valence-corrected chi connectivity index (χ4v) is 3.62. The first kappa shape index (κ1) is 17.6. The summed E-state index contributed by atoms with van der Waals surface area (Å²) in [5.41, 5.74) is 2.04. The van der Waals surface area contributed by atoms with Crippen LogP contribution in [0.3, 0.4) is 0 Å². The van der Waals surface area contributed by atoms with Crippen molar-refractivity contribution in [1.82, 2.24) is 20.1 Å². The Morgan fingerprint density at radius 1 is 1.36 bits per heavy atom. The predicted octanol–water partition coefficient (Wildman–Crippen LogP) is 1.36. The molecular weight excluding hydrogens is 414 g/mol. The molecule has 1 amide bonds. The van der Waals surface area contributed by atoms with Gasteiger partial charge >= 0.3 is 5.69 Å². The topological polar surface area (TPSA) is 117 Å². The zero-order chi connectivity index (χ0) is 17.8. The molecule has 10 nitrogen and oxygen atoms in total. The largest absolute Gasteiger partial charge is 0.362 e. The monoisotopic (exact) mass is 427 g/mol. The highest BCUT2D eigenvalue weighted by Crippen LogP contribution is 2.35. The Hall–Kier alpha value is -2.18. The number of pyridine rings is 1. The summed E-state index contributed by atoms with van der Waals surface area (Å²) >= 11 is 4.60. The van der Waals surface area contributed by atoms with Crippen molar-refractivity contribution in [2.45, 2.75) is 0 Å². The van der Waals surface area contributed by atoms with Crippen LogP contribution in [-0.4, -0.2) is 63.6 Å². The van der Waals surface area contributed by atoms with E-state index < -0.39 is 4.92 Å². The van der Waals surface area contributed by atoms with Crippen molar-refractivity contribution in [3.8, 4) is 0 Å². The second-order valence-electron chi connectivity index (χ2n) is 5.30. The van der Waals surface area contributed by atoms with Crippen molar-refractivity contribution in [2.75, 3.05) is 42.9 Å². The summed E-state index contributed by atoms with van der Waals surface area (Å²) in [6.07, 6.45) is 2.80. The predicted molar refractivity (Wildman–Crippen MR) is 95.8 cm³/mol. The maximum atomic E-state index is 12.0. The maximum absolute atomic E-state index is 12.0. The first-order valence-corrected chi connectivity index (χ1v) is 9.03. The van der Waals surface area contributed by atoms with Gasteiger partial charge < -0.3 is 4.90 Å². The number of halogens is 1. The van der Waals surface area contributed by atoms with Crippen LogP contribution in [0.1, 0.15) is 0 Å². The van der Waals surface area contributed by atoms with Crippen molar-refractivity contribution in [1.29, 1.82) is 0 Å². The highest BCUT2D eigenvalue weighted by molar-refractivity contribution is 9.10. The molecule has 0 unspecified atom stereocenters. The molecule has 12 heteroatoms. The fourth-order valence-electron chi connectivity index (χ4n) is 2.58. The van der Waals surface area contributed by atoms with Gasteiger partial charge in [-0.2, -0.15) is 0 Å². The number of nitrogens with one attached hydrogen (secondary N) is 1. The lowest BCUT2D eigenvalue weighted by Gasteiger charge is -2.35. The van der Waals surface area contributed by atoms with Crippen LogP contribution in [-0.2, 0) is 4.79 Å². The van der Waals surface area contributed by atoms with Crippen molar-refractivity contribution in [3.05, 3.63) is 32.5 Å². The molecule has 2 aromatic heterocycles. The van der Waals surface area contributed by atoms with Crippen LogP contribution in [0.2, 0.25) is 0 Å². The van der Waals surface area contributed by atoms with Gasteiger partial charge in [0.1, 0.15) is 17.4 Å². The molecule has 0 aromatic carbocycles. The van der Waals surface area contributed by atoms with E-state index in [-0.39, 0.29) is 18.1 Å². The summed E-state index contributed by atoms with van der Waals surface area (Å²) in [4.78, 5) is 30.6. The van der Waals surface area contributed by atoms with Gasteiger partial charge in [-0.15, -0.1) is 10.2 Å². The third-order valence-corrected chi connectivity index (χ3v) is 4.90. The molecule has 3 heterocycles. The summed E-state index contributed by atoms with van der Waals surface area (Å²) in [5, 5.41) is 21.8. The normalized spacial score (nSPS) is 15.2. The van der Waals surface area contributed by atoms with Gasteiger partial charge in [0.15, 0.2) is 0 Å². The molecule has 1 saturated heterocycles. The number of rotatable bonds is 5. The van der Waals surface area contributed by atoms with Crippen molar-refractivity contribution in [3.63, 3.8) is 0 Å². The average Bonchev–Trinajstić information content (AvgIpc) is 3.08. The molecule has 0 aliphatic carbocycles. The van der Waals surface area contributed by atoms with Crippen molar-refractivity contribution in [2.24, 2.45) is 0 Å². The van der Waals surface area contributed by atoms with Gasteiger partial charge in [0.05, 0.1) is 15.9 Å². The lowest BCUT2D eigenvalue weighted by atomic mass is 10.2. The van der Waals surface area contributed by atoms with Crippen molar-refractivity contribution < 1.29 is 9.72 Å². The zero-order valence-corrected chi connectivity index (χ0v) is 15.4. The molecule has 2 aromatic rings. The fraction of sp³-hybridized carbons (Fsp3) is 0.385. The minimum absolute atomic E-state index is 0.0307. The molecule has 3 rings (SSSR count). The van der Waals surface area contributed by atoms with Gasteiger partial charge in [-0.3, -0.25) is 30.1 Å². The van der Waals surface area contributed by atoms with Crippen molar-refractivity contribution >= 4 is 49.7 Å². The Labute approximate surface area is 155 Å². The third kappa shape index (κ3) is 4.27. The Morgan fingerprint density at radius 3 is 2.76 bits per heavy atom. The van der Waals surface area contributed by atoms with Gasteiger partial charge in [0, 0.05) is 32.4 Å². The van der Waals surface area contributed by atoms with Gasteiger partial charge in [-0.05, 0) is 15.9 Å². The smallest absolute Gasteiger partial charge is 0.311 e. The van der Waals surface area contributed by atoms with E-state index in [1.807, 2.05) is 9.80 Å². The minimum atomic E-state index is -0.436. The number of hydrogen-bond donors (Lipinski definition) is 1. The Balaban J connectivity index is 1.59. The quantitative estimate of drug-likeness (QED) is 0.561. The molecule has 0 spiro atoms. The number of aromatic nitrogens is 3. The van der Waals surface area contributed by atoms with Gasteiger partial charge in [-0.25, -0.2) is 0 Å². The SMILES string of the molecule is O=C(CN1CCN(c2c(Br)cncc2[N+](=O)[O-])CC1)Nc1nncs1. The number of carbonyl (C=O) groups excluding carboxylic acids is 1. The number of nitro groups is 1. The van der Waals surface area contributed by atoms with Gasteiger partial charge in [-0.1, -0.05) is 11.3 Å². The second-order valence-corrected chi connectivity index (χ2v) is 6.99. The summed E-state index contributed by atoms with van der Waals surface area (Å²) in [6.45, 7) is 2.64. The first-order valence-electron chi connectivity index (χ1n) is 7.36. The number of piperazine rings is 1. The lowest BCUT2D eigenvalue weighted by Crippen LogP contribution is -2.49. The third-order valence-electron chi connectivity index (χ3n) is 3.71. The Morgan fingerprint density at radius 2 is 2.12 bits per heavy atom. The van der Waals surface area contributed by atoms with E-state index >= 15 is 0 Å². The van der Waals surface area contributed by atoms with Crippen LogP contribution in [0.15, 0.2) is 22.4 Å². The molecule has 1 aliphatic rings. The van der Waals surface area contributed by atoms with E-state index in [9.17, 15) is 14.9 Å². The average molecular weight is 428 g/mol.